The lowest BCUT2D eigenvalue weighted by atomic mass is 9.80. The molecule has 2 aliphatic rings. The van der Waals surface area contributed by atoms with Crippen LogP contribution >= 0.6 is 0 Å². The van der Waals surface area contributed by atoms with Crippen LogP contribution < -0.4 is 10.6 Å². The molecule has 0 amide bonds. The fourth-order valence-corrected chi connectivity index (χ4v) is 3.68. The van der Waals surface area contributed by atoms with Crippen LogP contribution in [0.1, 0.15) is 58.8 Å². The summed E-state index contributed by atoms with van der Waals surface area (Å²) in [6.07, 6.45) is 9.89. The highest BCUT2D eigenvalue weighted by Gasteiger charge is 2.33. The van der Waals surface area contributed by atoms with Crippen molar-refractivity contribution in [3.05, 3.63) is 0 Å². The van der Waals surface area contributed by atoms with Crippen molar-refractivity contribution >= 4 is 0 Å². The monoisotopic (exact) mass is 238 g/mol. The van der Waals surface area contributed by atoms with E-state index < -0.39 is 0 Å². The van der Waals surface area contributed by atoms with E-state index in [2.05, 4.69) is 24.5 Å². The lowest BCUT2D eigenvalue weighted by Crippen LogP contribution is -2.46. The van der Waals surface area contributed by atoms with E-state index in [0.29, 0.717) is 10.8 Å². The third-order valence-corrected chi connectivity index (χ3v) is 5.15. The van der Waals surface area contributed by atoms with E-state index in [4.69, 9.17) is 0 Å². The van der Waals surface area contributed by atoms with Gasteiger partial charge in [0, 0.05) is 19.6 Å². The first-order chi connectivity index (χ1) is 8.18. The van der Waals surface area contributed by atoms with Crippen LogP contribution in [0.5, 0.6) is 0 Å². The minimum absolute atomic E-state index is 0.492. The SMILES string of the molecule is CCC1(CNCC2(C)CCCNC2)CCCC1. The van der Waals surface area contributed by atoms with Gasteiger partial charge in [0.2, 0.25) is 0 Å². The highest BCUT2D eigenvalue weighted by Crippen LogP contribution is 2.40. The smallest absolute Gasteiger partial charge is 0.00176 e. The summed E-state index contributed by atoms with van der Waals surface area (Å²) in [6.45, 7) is 9.66. The summed E-state index contributed by atoms with van der Waals surface area (Å²) >= 11 is 0. The molecule has 2 heteroatoms. The first-order valence-electron chi connectivity index (χ1n) is 7.60. The van der Waals surface area contributed by atoms with Crippen molar-refractivity contribution in [2.75, 3.05) is 26.2 Å². The van der Waals surface area contributed by atoms with Gasteiger partial charge in [-0.1, -0.05) is 26.7 Å². The third kappa shape index (κ3) is 3.45. The largest absolute Gasteiger partial charge is 0.316 e. The van der Waals surface area contributed by atoms with Crippen LogP contribution in [-0.2, 0) is 0 Å². The minimum Gasteiger partial charge on any atom is -0.316 e. The van der Waals surface area contributed by atoms with Gasteiger partial charge in [0.15, 0.2) is 0 Å². The maximum absolute atomic E-state index is 3.79. The van der Waals surface area contributed by atoms with Gasteiger partial charge in [-0.15, -0.1) is 0 Å². The van der Waals surface area contributed by atoms with E-state index >= 15 is 0 Å². The Bertz CT molecular complexity index is 225. The molecule has 2 fully saturated rings. The molecule has 1 saturated heterocycles. The van der Waals surface area contributed by atoms with Crippen LogP contribution in [0.15, 0.2) is 0 Å². The van der Waals surface area contributed by atoms with Crippen molar-refractivity contribution in [1.82, 2.24) is 10.6 Å². The van der Waals surface area contributed by atoms with Crippen molar-refractivity contribution in [3.63, 3.8) is 0 Å². The Morgan fingerprint density at radius 3 is 2.41 bits per heavy atom. The summed E-state index contributed by atoms with van der Waals surface area (Å²) in [5.74, 6) is 0. The van der Waals surface area contributed by atoms with Gasteiger partial charge in [-0.05, 0) is 49.5 Å². The zero-order chi connectivity index (χ0) is 12.2. The van der Waals surface area contributed by atoms with Crippen LogP contribution in [0.4, 0.5) is 0 Å². The molecule has 100 valence electrons. The maximum atomic E-state index is 3.79. The standard InChI is InChI=1S/C15H30N2/c1-3-15(8-4-5-9-15)13-17-12-14(2)7-6-10-16-11-14/h16-17H,3-13H2,1-2H3. The van der Waals surface area contributed by atoms with Crippen molar-refractivity contribution in [2.45, 2.75) is 58.8 Å². The Balaban J connectivity index is 1.74. The molecule has 0 bridgehead atoms. The van der Waals surface area contributed by atoms with E-state index in [0.717, 1.165) is 0 Å². The molecular formula is C15H30N2. The highest BCUT2D eigenvalue weighted by molar-refractivity contribution is 4.88. The van der Waals surface area contributed by atoms with Gasteiger partial charge in [-0.25, -0.2) is 0 Å². The second-order valence-electron chi connectivity index (χ2n) is 6.76. The molecule has 0 radical (unpaired) electrons. The van der Waals surface area contributed by atoms with Crippen LogP contribution in [-0.4, -0.2) is 26.2 Å². The van der Waals surface area contributed by atoms with Gasteiger partial charge in [-0.3, -0.25) is 0 Å². The van der Waals surface area contributed by atoms with Gasteiger partial charge in [0.05, 0.1) is 0 Å². The van der Waals surface area contributed by atoms with E-state index in [1.807, 2.05) is 0 Å². The molecule has 1 saturated carbocycles. The summed E-state index contributed by atoms with van der Waals surface area (Å²) in [4.78, 5) is 0. The molecule has 0 aromatic rings. The molecule has 0 spiro atoms. The molecule has 2 nitrogen and oxygen atoms in total. The molecular weight excluding hydrogens is 208 g/mol. The predicted molar refractivity (Wildman–Crippen MR) is 74.3 cm³/mol. The van der Waals surface area contributed by atoms with Gasteiger partial charge in [0.25, 0.3) is 0 Å². The Morgan fingerprint density at radius 1 is 1.06 bits per heavy atom. The lowest BCUT2D eigenvalue weighted by Gasteiger charge is -2.36. The first-order valence-corrected chi connectivity index (χ1v) is 7.60. The van der Waals surface area contributed by atoms with Crippen molar-refractivity contribution in [3.8, 4) is 0 Å². The summed E-state index contributed by atoms with van der Waals surface area (Å²) in [7, 11) is 0. The molecule has 2 N–H and O–H groups in total. The molecule has 17 heavy (non-hydrogen) atoms. The van der Waals surface area contributed by atoms with E-state index in [1.54, 1.807) is 0 Å². The number of nitrogens with one attached hydrogen (secondary N) is 2. The average Bonchev–Trinajstić information content (AvgIpc) is 2.79. The Labute approximate surface area is 107 Å². The zero-order valence-electron chi connectivity index (χ0n) is 11.8. The minimum atomic E-state index is 0.492. The zero-order valence-corrected chi connectivity index (χ0v) is 11.8. The molecule has 1 aliphatic heterocycles. The van der Waals surface area contributed by atoms with E-state index in [-0.39, 0.29) is 0 Å². The van der Waals surface area contributed by atoms with Gasteiger partial charge in [0.1, 0.15) is 0 Å². The number of hydrogen-bond acceptors (Lipinski definition) is 2. The molecule has 0 aromatic carbocycles. The lowest BCUT2D eigenvalue weighted by molar-refractivity contribution is 0.200. The first kappa shape index (κ1) is 13.4. The van der Waals surface area contributed by atoms with Crippen LogP contribution in [0.2, 0.25) is 0 Å². The number of rotatable bonds is 5. The summed E-state index contributed by atoms with van der Waals surface area (Å²) < 4.78 is 0. The number of piperidine rings is 1. The second-order valence-corrected chi connectivity index (χ2v) is 6.76. The molecule has 1 unspecified atom stereocenters. The van der Waals surface area contributed by atoms with Crippen molar-refractivity contribution < 1.29 is 0 Å². The molecule has 1 aliphatic carbocycles. The summed E-state index contributed by atoms with van der Waals surface area (Å²) in [5, 5.41) is 7.33. The summed E-state index contributed by atoms with van der Waals surface area (Å²) in [5.41, 5.74) is 1.13. The van der Waals surface area contributed by atoms with E-state index in [1.165, 1.54) is 71.1 Å². The normalized spacial score (nSPS) is 32.8. The van der Waals surface area contributed by atoms with Crippen LogP contribution in [0.25, 0.3) is 0 Å². The van der Waals surface area contributed by atoms with Gasteiger partial charge in [-0.2, -0.15) is 0 Å². The van der Waals surface area contributed by atoms with Crippen LogP contribution in [0.3, 0.4) is 0 Å². The number of hydrogen-bond donors (Lipinski definition) is 2. The maximum Gasteiger partial charge on any atom is 0.00176 e. The van der Waals surface area contributed by atoms with Gasteiger partial charge >= 0.3 is 0 Å². The fourth-order valence-electron chi connectivity index (χ4n) is 3.68. The van der Waals surface area contributed by atoms with Crippen molar-refractivity contribution in [2.24, 2.45) is 10.8 Å². The topological polar surface area (TPSA) is 24.1 Å². The Kier molecular flexibility index (Phi) is 4.48. The molecule has 1 atom stereocenters. The third-order valence-electron chi connectivity index (χ3n) is 5.15. The molecule has 2 rings (SSSR count). The van der Waals surface area contributed by atoms with E-state index in [9.17, 15) is 0 Å². The predicted octanol–water partition coefficient (Wildman–Crippen LogP) is 2.94. The quantitative estimate of drug-likeness (QED) is 0.769. The summed E-state index contributed by atoms with van der Waals surface area (Å²) in [6, 6.07) is 0. The Hall–Kier alpha value is -0.0800. The molecule has 1 heterocycles. The van der Waals surface area contributed by atoms with Gasteiger partial charge < -0.3 is 10.6 Å². The average molecular weight is 238 g/mol. The van der Waals surface area contributed by atoms with Crippen molar-refractivity contribution in [1.29, 1.82) is 0 Å². The Morgan fingerprint density at radius 2 is 1.82 bits per heavy atom. The van der Waals surface area contributed by atoms with Crippen LogP contribution in [0, 0.1) is 10.8 Å². The fraction of sp³-hybridized carbons (Fsp3) is 1.00. The molecule has 0 aromatic heterocycles. The second kappa shape index (κ2) is 5.71. The highest BCUT2D eigenvalue weighted by atomic mass is 14.9.